The van der Waals surface area contributed by atoms with Crippen molar-refractivity contribution in [1.82, 2.24) is 4.98 Å². The van der Waals surface area contributed by atoms with Crippen LogP contribution in [0, 0.1) is 0 Å². The second-order valence-corrected chi connectivity index (χ2v) is 5.56. The molecule has 2 aromatic rings. The largest absolute Gasteiger partial charge is 0.344 e. The SMILES string of the molecule is C=C(CCC)Nc1cc2ccc(C(/C=C\C)=C(/C)F)cc2cn1. The first kappa shape index (κ1) is 16.9. The van der Waals surface area contributed by atoms with Crippen molar-refractivity contribution in [2.24, 2.45) is 0 Å². The van der Waals surface area contributed by atoms with E-state index < -0.39 is 0 Å². The molecule has 0 aliphatic rings. The van der Waals surface area contributed by atoms with E-state index >= 15 is 0 Å². The van der Waals surface area contributed by atoms with E-state index in [-0.39, 0.29) is 5.83 Å². The summed E-state index contributed by atoms with van der Waals surface area (Å²) in [4.78, 5) is 4.42. The summed E-state index contributed by atoms with van der Waals surface area (Å²) in [5.74, 6) is 0.596. The van der Waals surface area contributed by atoms with Gasteiger partial charge in [-0.25, -0.2) is 9.37 Å². The second kappa shape index (κ2) is 7.73. The molecule has 23 heavy (non-hydrogen) atoms. The van der Waals surface area contributed by atoms with Crippen LogP contribution < -0.4 is 5.32 Å². The number of nitrogens with zero attached hydrogens (tertiary/aromatic N) is 1. The van der Waals surface area contributed by atoms with Crippen LogP contribution in [-0.4, -0.2) is 4.98 Å². The molecule has 0 bridgehead atoms. The summed E-state index contributed by atoms with van der Waals surface area (Å²) in [7, 11) is 0. The number of anilines is 1. The Labute approximate surface area is 137 Å². The van der Waals surface area contributed by atoms with Gasteiger partial charge in [-0.05, 0) is 43.4 Å². The first-order valence-electron chi connectivity index (χ1n) is 7.89. The molecule has 2 rings (SSSR count). The van der Waals surface area contributed by atoms with Crippen LogP contribution in [0.1, 0.15) is 39.2 Å². The average Bonchev–Trinajstić information content (AvgIpc) is 2.52. The van der Waals surface area contributed by atoms with Gasteiger partial charge in [0, 0.05) is 22.9 Å². The molecule has 0 spiro atoms. The van der Waals surface area contributed by atoms with Gasteiger partial charge in [-0.3, -0.25) is 0 Å². The Kier molecular flexibility index (Phi) is 5.69. The molecule has 0 radical (unpaired) electrons. The fourth-order valence-electron chi connectivity index (χ4n) is 2.50. The van der Waals surface area contributed by atoms with Gasteiger partial charge in [0.25, 0.3) is 0 Å². The highest BCUT2D eigenvalue weighted by Gasteiger charge is 2.05. The molecule has 2 nitrogen and oxygen atoms in total. The number of aromatic nitrogens is 1. The average molecular weight is 310 g/mol. The molecule has 1 heterocycles. The number of halogens is 1. The van der Waals surface area contributed by atoms with Gasteiger partial charge in [-0.15, -0.1) is 0 Å². The fraction of sp³-hybridized carbons (Fsp3) is 0.250. The summed E-state index contributed by atoms with van der Waals surface area (Å²) in [6, 6.07) is 7.88. The normalized spacial score (nSPS) is 12.5. The lowest BCUT2D eigenvalue weighted by atomic mass is 10.0. The van der Waals surface area contributed by atoms with E-state index in [0.29, 0.717) is 5.57 Å². The van der Waals surface area contributed by atoms with Crippen molar-refractivity contribution in [3.05, 3.63) is 66.3 Å². The number of pyridine rings is 1. The molecule has 1 aromatic heterocycles. The van der Waals surface area contributed by atoms with E-state index in [0.717, 1.165) is 40.7 Å². The van der Waals surface area contributed by atoms with E-state index in [4.69, 9.17) is 0 Å². The molecule has 0 aliphatic carbocycles. The van der Waals surface area contributed by atoms with Gasteiger partial charge >= 0.3 is 0 Å². The summed E-state index contributed by atoms with van der Waals surface area (Å²) in [5.41, 5.74) is 2.42. The van der Waals surface area contributed by atoms with Crippen molar-refractivity contribution in [1.29, 1.82) is 0 Å². The third kappa shape index (κ3) is 4.28. The highest BCUT2D eigenvalue weighted by Crippen LogP contribution is 2.26. The molecule has 3 heteroatoms. The number of allylic oxidation sites excluding steroid dienone is 5. The Morgan fingerprint density at radius 3 is 2.74 bits per heavy atom. The minimum Gasteiger partial charge on any atom is -0.344 e. The summed E-state index contributed by atoms with van der Waals surface area (Å²) in [6.07, 6.45) is 7.40. The van der Waals surface area contributed by atoms with Gasteiger partial charge in [0.2, 0.25) is 0 Å². The maximum atomic E-state index is 13.7. The molecule has 1 aromatic carbocycles. The molecule has 0 atom stereocenters. The van der Waals surface area contributed by atoms with Crippen LogP contribution >= 0.6 is 0 Å². The van der Waals surface area contributed by atoms with Gasteiger partial charge in [-0.1, -0.05) is 44.2 Å². The van der Waals surface area contributed by atoms with Crippen LogP contribution in [0.5, 0.6) is 0 Å². The van der Waals surface area contributed by atoms with Crippen molar-refractivity contribution in [2.45, 2.75) is 33.6 Å². The molecule has 120 valence electrons. The van der Waals surface area contributed by atoms with Crippen LogP contribution in [0.4, 0.5) is 10.2 Å². The van der Waals surface area contributed by atoms with Crippen molar-refractivity contribution in [3.8, 4) is 0 Å². The number of hydrogen-bond donors (Lipinski definition) is 1. The summed E-state index contributed by atoms with van der Waals surface area (Å²) < 4.78 is 13.7. The van der Waals surface area contributed by atoms with Crippen molar-refractivity contribution < 1.29 is 4.39 Å². The number of benzene rings is 1. The topological polar surface area (TPSA) is 24.9 Å². The van der Waals surface area contributed by atoms with Crippen LogP contribution in [-0.2, 0) is 0 Å². The number of hydrogen-bond acceptors (Lipinski definition) is 2. The highest BCUT2D eigenvalue weighted by molar-refractivity contribution is 5.89. The number of rotatable bonds is 6. The third-order valence-electron chi connectivity index (χ3n) is 3.59. The zero-order valence-corrected chi connectivity index (χ0v) is 14.0. The fourth-order valence-corrected chi connectivity index (χ4v) is 2.50. The van der Waals surface area contributed by atoms with Crippen molar-refractivity contribution >= 4 is 22.2 Å². The monoisotopic (exact) mass is 310 g/mol. The van der Waals surface area contributed by atoms with Crippen LogP contribution in [0.15, 0.2) is 60.7 Å². The Morgan fingerprint density at radius 1 is 1.30 bits per heavy atom. The Balaban J connectivity index is 2.36. The van der Waals surface area contributed by atoms with Gasteiger partial charge in [0.05, 0.1) is 0 Å². The Hall–Kier alpha value is -2.42. The third-order valence-corrected chi connectivity index (χ3v) is 3.59. The summed E-state index contributed by atoms with van der Waals surface area (Å²) in [6.45, 7) is 9.46. The lowest BCUT2D eigenvalue weighted by Crippen LogP contribution is -1.99. The van der Waals surface area contributed by atoms with Gasteiger partial charge in [0.15, 0.2) is 0 Å². The molecular formula is C20H23FN2. The molecule has 0 fully saturated rings. The van der Waals surface area contributed by atoms with Gasteiger partial charge < -0.3 is 5.32 Å². The second-order valence-electron chi connectivity index (χ2n) is 5.56. The number of nitrogens with one attached hydrogen (secondary N) is 1. The minimum atomic E-state index is -0.190. The van der Waals surface area contributed by atoms with E-state index in [1.807, 2.05) is 37.3 Å². The lowest BCUT2D eigenvalue weighted by molar-refractivity contribution is 0.645. The molecule has 0 unspecified atom stereocenters. The van der Waals surface area contributed by atoms with Crippen molar-refractivity contribution in [3.63, 3.8) is 0 Å². The van der Waals surface area contributed by atoms with E-state index in [1.54, 1.807) is 12.3 Å². The predicted molar refractivity (Wildman–Crippen MR) is 97.9 cm³/mol. The standard InChI is InChI=1S/C20H23FN2/c1-5-7-14(3)23-20-12-16-9-10-17(11-18(16)13-22-20)19(8-6-2)15(4)21/h6,8-13H,3,5,7H2,1-2,4H3,(H,22,23)/b8-6-,19-15-. The quantitative estimate of drug-likeness (QED) is 0.639. The highest BCUT2D eigenvalue weighted by atomic mass is 19.1. The maximum Gasteiger partial charge on any atom is 0.130 e. The van der Waals surface area contributed by atoms with Crippen LogP contribution in [0.25, 0.3) is 16.3 Å². The maximum absolute atomic E-state index is 13.7. The van der Waals surface area contributed by atoms with E-state index in [9.17, 15) is 4.39 Å². The van der Waals surface area contributed by atoms with Crippen LogP contribution in [0.3, 0.4) is 0 Å². The number of fused-ring (bicyclic) bond motifs is 1. The van der Waals surface area contributed by atoms with E-state index in [2.05, 4.69) is 23.8 Å². The first-order valence-corrected chi connectivity index (χ1v) is 7.89. The molecule has 0 saturated heterocycles. The minimum absolute atomic E-state index is 0.190. The molecule has 0 aliphatic heterocycles. The molecule has 0 saturated carbocycles. The first-order chi connectivity index (χ1) is 11.0. The van der Waals surface area contributed by atoms with Crippen LogP contribution in [0.2, 0.25) is 0 Å². The van der Waals surface area contributed by atoms with Gasteiger partial charge in [-0.2, -0.15) is 0 Å². The Bertz CT molecular complexity index is 768. The summed E-state index contributed by atoms with van der Waals surface area (Å²) >= 11 is 0. The zero-order chi connectivity index (χ0) is 16.8. The Morgan fingerprint density at radius 2 is 2.09 bits per heavy atom. The molecule has 0 amide bonds. The van der Waals surface area contributed by atoms with Crippen molar-refractivity contribution in [2.75, 3.05) is 5.32 Å². The van der Waals surface area contributed by atoms with E-state index in [1.165, 1.54) is 6.92 Å². The predicted octanol–water partition coefficient (Wildman–Crippen LogP) is 6.24. The summed E-state index contributed by atoms with van der Waals surface area (Å²) in [5, 5.41) is 5.27. The van der Waals surface area contributed by atoms with Gasteiger partial charge in [0.1, 0.15) is 11.6 Å². The molecular weight excluding hydrogens is 287 g/mol. The lowest BCUT2D eigenvalue weighted by Gasteiger charge is -2.10. The molecule has 1 N–H and O–H groups in total. The smallest absolute Gasteiger partial charge is 0.130 e. The zero-order valence-electron chi connectivity index (χ0n) is 14.0.